The molecule has 0 atom stereocenters. The van der Waals surface area contributed by atoms with Crippen molar-refractivity contribution in [3.63, 3.8) is 0 Å². The van der Waals surface area contributed by atoms with Gasteiger partial charge in [-0.3, -0.25) is 0 Å². The van der Waals surface area contributed by atoms with Crippen LogP contribution in [-0.2, 0) is 10.0 Å². The molecular formula is C12H17Cl2NO3S. The normalized spacial score (nSPS) is 11.7. The first kappa shape index (κ1) is 16.7. The van der Waals surface area contributed by atoms with E-state index in [0.717, 1.165) is 25.7 Å². The van der Waals surface area contributed by atoms with E-state index in [1.165, 1.54) is 18.2 Å². The monoisotopic (exact) mass is 325 g/mol. The van der Waals surface area contributed by atoms with E-state index in [1.54, 1.807) is 0 Å². The Morgan fingerprint density at radius 2 is 1.74 bits per heavy atom. The SMILES string of the molecule is O=S(=O)(NCCCCCCO)c1ccc(Cl)c(Cl)c1. The fourth-order valence-electron chi connectivity index (χ4n) is 1.52. The summed E-state index contributed by atoms with van der Waals surface area (Å²) in [6.45, 7) is 0.545. The van der Waals surface area contributed by atoms with Crippen molar-refractivity contribution in [3.05, 3.63) is 28.2 Å². The van der Waals surface area contributed by atoms with Gasteiger partial charge >= 0.3 is 0 Å². The van der Waals surface area contributed by atoms with Crippen LogP contribution in [-0.4, -0.2) is 26.7 Å². The van der Waals surface area contributed by atoms with Gasteiger partial charge in [-0.1, -0.05) is 36.0 Å². The van der Waals surface area contributed by atoms with Crippen LogP contribution in [0.4, 0.5) is 0 Å². The van der Waals surface area contributed by atoms with Gasteiger partial charge in [-0.2, -0.15) is 0 Å². The summed E-state index contributed by atoms with van der Waals surface area (Å²) in [5.74, 6) is 0. The Morgan fingerprint density at radius 1 is 1.05 bits per heavy atom. The van der Waals surface area contributed by atoms with Crippen LogP contribution in [0.25, 0.3) is 0 Å². The summed E-state index contributed by atoms with van der Waals surface area (Å²) in [5, 5.41) is 9.15. The average molecular weight is 326 g/mol. The van der Waals surface area contributed by atoms with Crippen LogP contribution in [0.3, 0.4) is 0 Å². The third-order valence-corrected chi connectivity index (χ3v) is 4.78. The maximum absolute atomic E-state index is 11.9. The number of unbranched alkanes of at least 4 members (excludes halogenated alkanes) is 3. The Balaban J connectivity index is 2.49. The predicted molar refractivity (Wildman–Crippen MR) is 77.2 cm³/mol. The molecule has 0 aliphatic heterocycles. The molecular weight excluding hydrogens is 309 g/mol. The highest BCUT2D eigenvalue weighted by atomic mass is 35.5. The van der Waals surface area contributed by atoms with Crippen LogP contribution < -0.4 is 4.72 Å². The lowest BCUT2D eigenvalue weighted by atomic mass is 10.2. The van der Waals surface area contributed by atoms with E-state index in [0.29, 0.717) is 11.6 Å². The Morgan fingerprint density at radius 3 is 2.37 bits per heavy atom. The van der Waals surface area contributed by atoms with Crippen molar-refractivity contribution < 1.29 is 13.5 Å². The van der Waals surface area contributed by atoms with Crippen LogP contribution >= 0.6 is 23.2 Å². The number of aliphatic hydroxyl groups excluding tert-OH is 1. The zero-order valence-electron chi connectivity index (χ0n) is 10.4. The highest BCUT2D eigenvalue weighted by Gasteiger charge is 2.14. The summed E-state index contributed by atoms with van der Waals surface area (Å²) < 4.78 is 26.4. The third-order valence-electron chi connectivity index (χ3n) is 2.58. The van der Waals surface area contributed by atoms with Gasteiger partial charge in [0.05, 0.1) is 14.9 Å². The molecule has 1 aromatic carbocycles. The number of halogens is 2. The molecule has 0 bridgehead atoms. The van der Waals surface area contributed by atoms with Crippen LogP contribution in [0.15, 0.2) is 23.1 Å². The fourth-order valence-corrected chi connectivity index (χ4v) is 2.99. The molecule has 108 valence electrons. The third kappa shape index (κ3) is 5.67. The van der Waals surface area contributed by atoms with Crippen molar-refractivity contribution in [1.29, 1.82) is 0 Å². The predicted octanol–water partition coefficient (Wildman–Crippen LogP) is 2.82. The molecule has 0 fully saturated rings. The fraction of sp³-hybridized carbons (Fsp3) is 0.500. The van der Waals surface area contributed by atoms with Crippen molar-refractivity contribution in [1.82, 2.24) is 4.72 Å². The Labute approximate surface area is 123 Å². The highest BCUT2D eigenvalue weighted by molar-refractivity contribution is 7.89. The molecule has 7 heteroatoms. The lowest BCUT2D eigenvalue weighted by Crippen LogP contribution is -2.24. The summed E-state index contributed by atoms with van der Waals surface area (Å²) >= 11 is 11.5. The Bertz CT molecular complexity index is 506. The van der Waals surface area contributed by atoms with Crippen molar-refractivity contribution in [2.24, 2.45) is 0 Å². The van der Waals surface area contributed by atoms with E-state index in [1.807, 2.05) is 0 Å². The number of nitrogens with one attached hydrogen (secondary N) is 1. The number of aliphatic hydroxyl groups is 1. The second kappa shape index (κ2) is 8.07. The minimum Gasteiger partial charge on any atom is -0.396 e. The lowest BCUT2D eigenvalue weighted by molar-refractivity contribution is 0.282. The molecule has 0 aliphatic rings. The van der Waals surface area contributed by atoms with E-state index >= 15 is 0 Å². The molecule has 0 saturated carbocycles. The smallest absolute Gasteiger partial charge is 0.240 e. The van der Waals surface area contributed by atoms with Crippen molar-refractivity contribution in [2.45, 2.75) is 30.6 Å². The van der Waals surface area contributed by atoms with E-state index < -0.39 is 10.0 Å². The van der Waals surface area contributed by atoms with Gasteiger partial charge in [0.25, 0.3) is 0 Å². The molecule has 0 radical (unpaired) electrons. The number of hydrogen-bond donors (Lipinski definition) is 2. The zero-order chi connectivity index (χ0) is 14.3. The highest BCUT2D eigenvalue weighted by Crippen LogP contribution is 2.24. The number of benzene rings is 1. The van der Waals surface area contributed by atoms with Gasteiger partial charge in [0.2, 0.25) is 10.0 Å². The zero-order valence-corrected chi connectivity index (χ0v) is 12.7. The minimum absolute atomic E-state index is 0.109. The van der Waals surface area contributed by atoms with Crippen molar-refractivity contribution >= 4 is 33.2 Å². The lowest BCUT2D eigenvalue weighted by Gasteiger charge is -2.07. The van der Waals surface area contributed by atoms with Crippen molar-refractivity contribution in [3.8, 4) is 0 Å². The van der Waals surface area contributed by atoms with E-state index in [-0.39, 0.29) is 16.5 Å². The van der Waals surface area contributed by atoms with Crippen LogP contribution in [0, 0.1) is 0 Å². The molecule has 1 rings (SSSR count). The average Bonchev–Trinajstić information content (AvgIpc) is 2.36. The van der Waals surface area contributed by atoms with E-state index in [4.69, 9.17) is 28.3 Å². The number of sulfonamides is 1. The summed E-state index contributed by atoms with van der Waals surface area (Å²) in [7, 11) is -3.53. The van der Waals surface area contributed by atoms with Gasteiger partial charge < -0.3 is 5.11 Å². The first-order valence-electron chi connectivity index (χ1n) is 6.03. The Hall–Kier alpha value is -0.330. The molecule has 0 heterocycles. The molecule has 0 unspecified atom stereocenters. The maximum atomic E-state index is 11.9. The molecule has 0 aliphatic carbocycles. The minimum atomic E-state index is -3.53. The summed E-state index contributed by atoms with van der Waals surface area (Å²) in [6, 6.07) is 4.21. The summed E-state index contributed by atoms with van der Waals surface area (Å²) in [6.07, 6.45) is 3.26. The van der Waals surface area contributed by atoms with Gasteiger partial charge in [-0.25, -0.2) is 13.1 Å². The molecule has 0 aromatic heterocycles. The second-order valence-electron chi connectivity index (χ2n) is 4.11. The number of hydrogen-bond acceptors (Lipinski definition) is 3. The molecule has 0 saturated heterocycles. The van der Waals surface area contributed by atoms with Gasteiger partial charge in [-0.15, -0.1) is 0 Å². The molecule has 4 nitrogen and oxygen atoms in total. The van der Waals surface area contributed by atoms with Crippen LogP contribution in [0.1, 0.15) is 25.7 Å². The topological polar surface area (TPSA) is 66.4 Å². The summed E-state index contributed by atoms with van der Waals surface area (Å²) in [4.78, 5) is 0.109. The molecule has 0 amide bonds. The number of rotatable bonds is 8. The molecule has 1 aromatic rings. The van der Waals surface area contributed by atoms with Crippen LogP contribution in [0.5, 0.6) is 0 Å². The van der Waals surface area contributed by atoms with Gasteiger partial charge in [0.15, 0.2) is 0 Å². The van der Waals surface area contributed by atoms with Gasteiger partial charge in [0.1, 0.15) is 0 Å². The quantitative estimate of drug-likeness (QED) is 0.722. The molecule has 0 spiro atoms. The maximum Gasteiger partial charge on any atom is 0.240 e. The van der Waals surface area contributed by atoms with Gasteiger partial charge in [-0.05, 0) is 31.0 Å². The van der Waals surface area contributed by atoms with Gasteiger partial charge in [0, 0.05) is 13.2 Å². The standard InChI is InChI=1S/C12H17Cl2NO3S/c13-11-6-5-10(9-12(11)14)19(17,18)15-7-3-1-2-4-8-16/h5-6,9,15-16H,1-4,7-8H2. The largest absolute Gasteiger partial charge is 0.396 e. The molecule has 2 N–H and O–H groups in total. The first-order valence-corrected chi connectivity index (χ1v) is 8.27. The Kier molecular flexibility index (Phi) is 7.10. The second-order valence-corrected chi connectivity index (χ2v) is 6.69. The van der Waals surface area contributed by atoms with Crippen LogP contribution in [0.2, 0.25) is 10.0 Å². The molecule has 19 heavy (non-hydrogen) atoms. The van der Waals surface area contributed by atoms with E-state index in [9.17, 15) is 8.42 Å². The van der Waals surface area contributed by atoms with Crippen molar-refractivity contribution in [2.75, 3.05) is 13.2 Å². The first-order chi connectivity index (χ1) is 8.97. The summed E-state index contributed by atoms with van der Waals surface area (Å²) in [5.41, 5.74) is 0. The van der Waals surface area contributed by atoms with E-state index in [2.05, 4.69) is 4.72 Å².